The van der Waals surface area contributed by atoms with Crippen molar-refractivity contribution < 1.29 is 19.0 Å². The van der Waals surface area contributed by atoms with Crippen LogP contribution in [0.5, 0.6) is 11.5 Å². The topological polar surface area (TPSA) is 44.8 Å². The number of carbonyl (C=O) groups is 1. The van der Waals surface area contributed by atoms with Gasteiger partial charge in [-0.15, -0.1) is 0 Å². The van der Waals surface area contributed by atoms with Crippen LogP contribution in [0.4, 0.5) is 0 Å². The molecule has 4 nitrogen and oxygen atoms in total. The van der Waals surface area contributed by atoms with Gasteiger partial charge in [0.05, 0.1) is 19.8 Å². The second-order valence-corrected chi connectivity index (χ2v) is 5.93. The van der Waals surface area contributed by atoms with Crippen LogP contribution in [0, 0.1) is 0 Å². The van der Waals surface area contributed by atoms with E-state index in [9.17, 15) is 4.79 Å². The first-order valence-electron chi connectivity index (χ1n) is 7.42. The van der Waals surface area contributed by atoms with E-state index in [0.29, 0.717) is 17.1 Å². The minimum atomic E-state index is -0.397. The van der Waals surface area contributed by atoms with E-state index in [0.717, 1.165) is 5.56 Å². The Labute approximate surface area is 160 Å². The van der Waals surface area contributed by atoms with Gasteiger partial charge in [0.1, 0.15) is 18.1 Å². The average molecular weight is 435 g/mol. The van der Waals surface area contributed by atoms with Crippen molar-refractivity contribution in [2.75, 3.05) is 20.8 Å². The van der Waals surface area contributed by atoms with E-state index < -0.39 is 5.97 Å². The monoisotopic (exact) mass is 436 g/mol. The molecule has 0 amide bonds. The van der Waals surface area contributed by atoms with Gasteiger partial charge in [-0.25, -0.2) is 4.79 Å². The molecule has 5 heteroatoms. The number of hydrogen-bond donors (Lipinski definition) is 0. The van der Waals surface area contributed by atoms with Crippen molar-refractivity contribution in [3.8, 4) is 11.5 Å². The molecule has 0 aromatic heterocycles. The zero-order valence-corrected chi connectivity index (χ0v) is 18.7. The van der Waals surface area contributed by atoms with E-state index in [-0.39, 0.29) is 35.9 Å². The second-order valence-electron chi connectivity index (χ2n) is 5.93. The summed E-state index contributed by atoms with van der Waals surface area (Å²) >= 11 is 0. The van der Waals surface area contributed by atoms with Crippen LogP contribution < -0.4 is 9.47 Å². The molecule has 0 aliphatic rings. The fourth-order valence-corrected chi connectivity index (χ4v) is 2.23. The van der Waals surface area contributed by atoms with E-state index >= 15 is 0 Å². The quantitative estimate of drug-likeness (QED) is 0.518. The number of rotatable bonds is 6. The van der Waals surface area contributed by atoms with Gasteiger partial charge in [-0.1, -0.05) is 44.2 Å². The number of benzene rings is 2. The Morgan fingerprint density at radius 3 is 2.00 bits per heavy atom. The van der Waals surface area contributed by atoms with Gasteiger partial charge in [-0.2, -0.15) is 0 Å². The van der Waals surface area contributed by atoms with E-state index in [1.807, 2.05) is 44.2 Å². The maximum atomic E-state index is 12.3. The number of esters is 1. The molecule has 0 atom stereocenters. The molecule has 2 aromatic carbocycles. The van der Waals surface area contributed by atoms with Gasteiger partial charge in [0, 0.05) is 11.5 Å². The standard InChI is InChI=1S/C19H22O4.Sn.2H/c1-19(2,15-8-6-5-7-9-15)13-23-18(20)14-10-16(21-3)12-17(11-14)22-4;;;/h5-12H,13H2,1-4H3;;;. The SMILES string of the molecule is COc1cc(OC)cc(C(=O)OCC(C)(C)c2ccccc2)c1.[SnH2]. The van der Waals surface area contributed by atoms with Crippen LogP contribution in [-0.2, 0) is 10.2 Å². The van der Waals surface area contributed by atoms with Crippen molar-refractivity contribution in [2.45, 2.75) is 19.3 Å². The van der Waals surface area contributed by atoms with Gasteiger partial charge >= 0.3 is 29.9 Å². The molecule has 2 aromatic rings. The summed E-state index contributed by atoms with van der Waals surface area (Å²) in [6, 6.07) is 15.0. The molecule has 0 aliphatic heterocycles. The molecule has 0 fully saturated rings. The van der Waals surface area contributed by atoms with Gasteiger partial charge in [0.2, 0.25) is 0 Å². The minimum absolute atomic E-state index is 0. The summed E-state index contributed by atoms with van der Waals surface area (Å²) in [4.78, 5) is 12.3. The van der Waals surface area contributed by atoms with Crippen LogP contribution in [-0.4, -0.2) is 50.7 Å². The van der Waals surface area contributed by atoms with Crippen LogP contribution in [0.2, 0.25) is 0 Å². The van der Waals surface area contributed by atoms with Crippen LogP contribution in [0.25, 0.3) is 0 Å². The van der Waals surface area contributed by atoms with Gasteiger partial charge in [0.25, 0.3) is 0 Å². The third kappa shape index (κ3) is 5.16. The molecule has 0 saturated carbocycles. The Hall–Kier alpha value is -1.69. The van der Waals surface area contributed by atoms with Crippen LogP contribution in [0.1, 0.15) is 29.8 Å². The Balaban J connectivity index is 0.00000288. The Bertz CT molecular complexity index is 646. The first-order valence-corrected chi connectivity index (χ1v) is 7.42. The summed E-state index contributed by atoms with van der Waals surface area (Å²) in [6.45, 7) is 4.37. The van der Waals surface area contributed by atoms with Crippen molar-refractivity contribution in [1.29, 1.82) is 0 Å². The summed E-state index contributed by atoms with van der Waals surface area (Å²) in [5.41, 5.74) is 1.26. The normalized spacial score (nSPS) is 10.5. The second kappa shape index (κ2) is 8.97. The number of carbonyl (C=O) groups excluding carboxylic acids is 1. The molecule has 0 bridgehead atoms. The molecule has 0 heterocycles. The van der Waals surface area contributed by atoms with Crippen molar-refractivity contribution in [3.63, 3.8) is 0 Å². The molecule has 2 rings (SSSR count). The molecular formula is C19H24O4Sn. The van der Waals surface area contributed by atoms with Crippen molar-refractivity contribution >= 4 is 29.9 Å². The molecule has 0 saturated heterocycles. The molecule has 0 spiro atoms. The third-order valence-corrected chi connectivity index (χ3v) is 3.71. The average Bonchev–Trinajstić information content (AvgIpc) is 2.59. The van der Waals surface area contributed by atoms with Gasteiger partial charge in [0.15, 0.2) is 0 Å². The van der Waals surface area contributed by atoms with E-state index in [2.05, 4.69) is 0 Å². The number of ether oxygens (including phenoxy) is 3. The Morgan fingerprint density at radius 2 is 1.50 bits per heavy atom. The molecule has 0 unspecified atom stereocenters. The maximum absolute atomic E-state index is 12.3. The molecule has 2 radical (unpaired) electrons. The summed E-state index contributed by atoms with van der Waals surface area (Å²) in [6.07, 6.45) is 0. The first kappa shape index (κ1) is 20.4. The first-order chi connectivity index (χ1) is 11.0. The third-order valence-electron chi connectivity index (χ3n) is 3.71. The van der Waals surface area contributed by atoms with E-state index in [1.54, 1.807) is 32.4 Å². The van der Waals surface area contributed by atoms with Crippen LogP contribution >= 0.6 is 0 Å². The van der Waals surface area contributed by atoms with E-state index in [1.165, 1.54) is 0 Å². The van der Waals surface area contributed by atoms with Gasteiger partial charge < -0.3 is 14.2 Å². The van der Waals surface area contributed by atoms with Crippen molar-refractivity contribution in [3.05, 3.63) is 59.7 Å². The molecule has 0 N–H and O–H groups in total. The predicted molar refractivity (Wildman–Crippen MR) is 97.8 cm³/mol. The summed E-state index contributed by atoms with van der Waals surface area (Å²) in [7, 11) is 3.09. The number of methoxy groups -OCH3 is 2. The van der Waals surface area contributed by atoms with Crippen LogP contribution in [0.15, 0.2) is 48.5 Å². The zero-order valence-electron chi connectivity index (χ0n) is 14.7. The van der Waals surface area contributed by atoms with Crippen molar-refractivity contribution in [2.24, 2.45) is 0 Å². The fourth-order valence-electron chi connectivity index (χ4n) is 2.23. The zero-order chi connectivity index (χ0) is 16.9. The van der Waals surface area contributed by atoms with Gasteiger partial charge in [-0.05, 0) is 17.7 Å². The Kier molecular flexibility index (Phi) is 7.60. The van der Waals surface area contributed by atoms with Gasteiger partial charge in [-0.3, -0.25) is 0 Å². The summed E-state index contributed by atoms with van der Waals surface area (Å²) < 4.78 is 15.8. The summed E-state index contributed by atoms with van der Waals surface area (Å²) in [5, 5.41) is 0. The summed E-state index contributed by atoms with van der Waals surface area (Å²) in [5.74, 6) is 0.712. The molecule has 24 heavy (non-hydrogen) atoms. The molecular weight excluding hydrogens is 411 g/mol. The van der Waals surface area contributed by atoms with E-state index in [4.69, 9.17) is 14.2 Å². The molecule has 0 aliphatic carbocycles. The predicted octanol–water partition coefficient (Wildman–Crippen LogP) is 2.92. The Morgan fingerprint density at radius 1 is 0.958 bits per heavy atom. The molecule has 128 valence electrons. The number of hydrogen-bond acceptors (Lipinski definition) is 4. The van der Waals surface area contributed by atoms with Crippen LogP contribution in [0.3, 0.4) is 0 Å². The fraction of sp³-hybridized carbons (Fsp3) is 0.316. The van der Waals surface area contributed by atoms with Crippen molar-refractivity contribution in [1.82, 2.24) is 0 Å².